The van der Waals surface area contributed by atoms with Gasteiger partial charge in [0.1, 0.15) is 0 Å². The van der Waals surface area contributed by atoms with Crippen molar-refractivity contribution >= 4 is 54.8 Å². The van der Waals surface area contributed by atoms with Gasteiger partial charge in [-0.05, 0) is 40.4 Å². The molecule has 13 heavy (non-hydrogen) atoms. The van der Waals surface area contributed by atoms with E-state index in [2.05, 4.69) is 28.3 Å². The van der Waals surface area contributed by atoms with Gasteiger partial charge in [-0.25, -0.2) is 0 Å². The van der Waals surface area contributed by atoms with Gasteiger partial charge >= 0.3 is 0 Å². The SMILES string of the molecule is CSc1cc(N)cc2sc(Br)cc12. The molecule has 0 amide bonds. The highest BCUT2D eigenvalue weighted by atomic mass is 79.9. The lowest BCUT2D eigenvalue weighted by Crippen LogP contribution is -1.83. The number of nitrogen functional groups attached to an aromatic ring is 1. The number of anilines is 1. The van der Waals surface area contributed by atoms with Crippen molar-refractivity contribution < 1.29 is 0 Å². The van der Waals surface area contributed by atoms with E-state index in [0.717, 1.165) is 9.47 Å². The standard InChI is InChI=1S/C9H8BrNS2/c1-12-7-2-5(11)3-8-6(7)4-9(10)13-8/h2-4H,11H2,1H3. The Morgan fingerprint density at radius 1 is 1.38 bits per heavy atom. The Morgan fingerprint density at radius 3 is 2.85 bits per heavy atom. The summed E-state index contributed by atoms with van der Waals surface area (Å²) >= 11 is 6.93. The van der Waals surface area contributed by atoms with Crippen molar-refractivity contribution in [2.24, 2.45) is 0 Å². The molecular weight excluding hydrogens is 266 g/mol. The lowest BCUT2D eigenvalue weighted by molar-refractivity contribution is 1.57. The Kier molecular flexibility index (Phi) is 2.53. The van der Waals surface area contributed by atoms with Crippen molar-refractivity contribution in [3.8, 4) is 0 Å². The van der Waals surface area contributed by atoms with Crippen molar-refractivity contribution in [3.05, 3.63) is 22.0 Å². The van der Waals surface area contributed by atoms with Crippen molar-refractivity contribution in [1.82, 2.24) is 0 Å². The molecule has 1 aromatic carbocycles. The van der Waals surface area contributed by atoms with Crippen LogP contribution >= 0.6 is 39.0 Å². The maximum absolute atomic E-state index is 5.79. The molecule has 0 aliphatic rings. The monoisotopic (exact) mass is 273 g/mol. The van der Waals surface area contributed by atoms with Crippen LogP contribution in [0.15, 0.2) is 26.9 Å². The van der Waals surface area contributed by atoms with E-state index < -0.39 is 0 Å². The topological polar surface area (TPSA) is 26.0 Å². The fourth-order valence-corrected chi connectivity index (χ4v) is 3.59. The molecule has 0 saturated carbocycles. The number of rotatable bonds is 1. The molecule has 68 valence electrons. The zero-order chi connectivity index (χ0) is 9.42. The van der Waals surface area contributed by atoms with Crippen molar-refractivity contribution in [1.29, 1.82) is 0 Å². The van der Waals surface area contributed by atoms with E-state index in [9.17, 15) is 0 Å². The van der Waals surface area contributed by atoms with Gasteiger partial charge in [-0.1, -0.05) is 0 Å². The molecule has 0 saturated heterocycles. The predicted octanol–water partition coefficient (Wildman–Crippen LogP) is 3.97. The lowest BCUT2D eigenvalue weighted by atomic mass is 10.2. The number of thioether (sulfide) groups is 1. The molecule has 2 rings (SSSR count). The second-order valence-electron chi connectivity index (χ2n) is 2.69. The first-order valence-corrected chi connectivity index (χ1v) is 6.56. The molecule has 0 atom stereocenters. The van der Waals surface area contributed by atoms with Gasteiger partial charge in [0.05, 0.1) is 3.79 Å². The molecular formula is C9H8BrNS2. The van der Waals surface area contributed by atoms with Gasteiger partial charge in [0, 0.05) is 20.7 Å². The van der Waals surface area contributed by atoms with Gasteiger partial charge in [0.25, 0.3) is 0 Å². The summed E-state index contributed by atoms with van der Waals surface area (Å²) in [6, 6.07) is 6.18. The molecule has 0 spiro atoms. The number of thiophene rings is 1. The summed E-state index contributed by atoms with van der Waals surface area (Å²) in [5.74, 6) is 0. The van der Waals surface area contributed by atoms with Gasteiger partial charge in [-0.2, -0.15) is 0 Å². The Labute approximate surface area is 93.4 Å². The minimum absolute atomic E-state index is 0.839. The summed E-state index contributed by atoms with van der Waals surface area (Å²) in [5, 5.41) is 1.29. The molecule has 0 aliphatic heterocycles. The first kappa shape index (κ1) is 9.37. The van der Waals surface area contributed by atoms with Crippen molar-refractivity contribution in [2.45, 2.75) is 4.90 Å². The van der Waals surface area contributed by atoms with Crippen LogP contribution in [-0.4, -0.2) is 6.26 Å². The Balaban J connectivity index is 2.80. The third-order valence-electron chi connectivity index (χ3n) is 1.81. The summed E-state index contributed by atoms with van der Waals surface area (Å²) < 4.78 is 2.40. The van der Waals surface area contributed by atoms with Crippen molar-refractivity contribution in [3.63, 3.8) is 0 Å². The van der Waals surface area contributed by atoms with Crippen LogP contribution in [0.4, 0.5) is 5.69 Å². The highest BCUT2D eigenvalue weighted by Gasteiger charge is 2.05. The molecule has 0 aliphatic carbocycles. The largest absolute Gasteiger partial charge is 0.399 e. The summed E-state index contributed by atoms with van der Waals surface area (Å²) in [6.45, 7) is 0. The summed E-state index contributed by atoms with van der Waals surface area (Å²) in [5.41, 5.74) is 6.63. The maximum Gasteiger partial charge on any atom is 0.0711 e. The van der Waals surface area contributed by atoms with E-state index in [4.69, 9.17) is 5.73 Å². The van der Waals surface area contributed by atoms with Crippen LogP contribution in [0.1, 0.15) is 0 Å². The Morgan fingerprint density at radius 2 is 2.15 bits per heavy atom. The van der Waals surface area contributed by atoms with E-state index in [-0.39, 0.29) is 0 Å². The zero-order valence-corrected chi connectivity index (χ0v) is 10.2. The Hall–Kier alpha value is -0.190. The average molecular weight is 274 g/mol. The first-order valence-electron chi connectivity index (χ1n) is 3.73. The van der Waals surface area contributed by atoms with Crippen LogP contribution in [0, 0.1) is 0 Å². The van der Waals surface area contributed by atoms with E-state index in [1.807, 2.05) is 12.1 Å². The molecule has 1 aromatic heterocycles. The van der Waals surface area contributed by atoms with E-state index >= 15 is 0 Å². The zero-order valence-electron chi connectivity index (χ0n) is 7.00. The van der Waals surface area contributed by atoms with Gasteiger partial charge in [0.2, 0.25) is 0 Å². The smallest absolute Gasteiger partial charge is 0.0711 e. The molecule has 2 N–H and O–H groups in total. The number of benzene rings is 1. The van der Waals surface area contributed by atoms with Crippen molar-refractivity contribution in [2.75, 3.05) is 12.0 Å². The fourth-order valence-electron chi connectivity index (χ4n) is 1.26. The second kappa shape index (κ2) is 3.52. The van der Waals surface area contributed by atoms with Crippen LogP contribution in [0.5, 0.6) is 0 Å². The molecule has 4 heteroatoms. The summed E-state index contributed by atoms with van der Waals surface area (Å²) in [7, 11) is 0. The predicted molar refractivity (Wildman–Crippen MR) is 65.7 cm³/mol. The Bertz CT molecular complexity index is 450. The molecule has 0 fully saturated rings. The third kappa shape index (κ3) is 1.71. The number of halogens is 1. The lowest BCUT2D eigenvalue weighted by Gasteiger charge is -2.00. The third-order valence-corrected chi connectivity index (χ3v) is 4.17. The highest BCUT2D eigenvalue weighted by molar-refractivity contribution is 9.11. The van der Waals surface area contributed by atoms with Crippen LogP contribution in [-0.2, 0) is 0 Å². The molecule has 2 aromatic rings. The normalized spacial score (nSPS) is 10.9. The van der Waals surface area contributed by atoms with Gasteiger partial charge < -0.3 is 5.73 Å². The maximum atomic E-state index is 5.79. The second-order valence-corrected chi connectivity index (χ2v) is 6.00. The van der Waals surface area contributed by atoms with Crippen LogP contribution < -0.4 is 5.73 Å². The highest BCUT2D eigenvalue weighted by Crippen LogP contribution is 2.36. The van der Waals surface area contributed by atoms with E-state index in [1.54, 1.807) is 23.1 Å². The van der Waals surface area contributed by atoms with E-state index in [0.29, 0.717) is 0 Å². The molecule has 0 unspecified atom stereocenters. The van der Waals surface area contributed by atoms with Gasteiger partial charge in [0.15, 0.2) is 0 Å². The molecule has 1 heterocycles. The molecule has 0 bridgehead atoms. The number of hydrogen-bond acceptors (Lipinski definition) is 3. The summed E-state index contributed by atoms with van der Waals surface area (Å²) in [6.07, 6.45) is 2.07. The number of fused-ring (bicyclic) bond motifs is 1. The van der Waals surface area contributed by atoms with Gasteiger partial charge in [-0.3, -0.25) is 0 Å². The fraction of sp³-hybridized carbons (Fsp3) is 0.111. The van der Waals surface area contributed by atoms with Crippen LogP contribution in [0.25, 0.3) is 10.1 Å². The quantitative estimate of drug-likeness (QED) is 0.629. The number of hydrogen-bond donors (Lipinski definition) is 1. The van der Waals surface area contributed by atoms with Crippen LogP contribution in [0.2, 0.25) is 0 Å². The van der Waals surface area contributed by atoms with Gasteiger partial charge in [-0.15, -0.1) is 23.1 Å². The average Bonchev–Trinajstić information content (AvgIpc) is 2.43. The molecule has 0 radical (unpaired) electrons. The van der Waals surface area contributed by atoms with E-state index in [1.165, 1.54) is 15.0 Å². The first-order chi connectivity index (χ1) is 6.20. The summed E-state index contributed by atoms with van der Waals surface area (Å²) in [4.78, 5) is 1.25. The van der Waals surface area contributed by atoms with Crippen LogP contribution in [0.3, 0.4) is 0 Å². The minimum Gasteiger partial charge on any atom is -0.399 e. The minimum atomic E-state index is 0.839. The number of nitrogens with two attached hydrogens (primary N) is 1. The molecule has 1 nitrogen and oxygen atoms in total.